The predicted octanol–water partition coefficient (Wildman–Crippen LogP) is 3.23. The molecular formula is C22H20N6O2S2. The number of amides is 2. The Morgan fingerprint density at radius 3 is 2.56 bits per heavy atom. The zero-order chi connectivity index (χ0) is 22.3. The Kier molecular flexibility index (Phi) is 6.93. The second-order valence-electron chi connectivity index (χ2n) is 6.90. The van der Waals surface area contributed by atoms with Gasteiger partial charge in [-0.2, -0.15) is 0 Å². The van der Waals surface area contributed by atoms with E-state index in [1.807, 2.05) is 59.5 Å². The van der Waals surface area contributed by atoms with Crippen LogP contribution in [0.5, 0.6) is 0 Å². The molecule has 0 fully saturated rings. The number of hydrogen-bond donors (Lipinski definition) is 2. The molecule has 2 amide bonds. The van der Waals surface area contributed by atoms with E-state index in [4.69, 9.17) is 0 Å². The SMILES string of the molecule is Cn1cnnc1SCc1ccc(C(=O)NNC(=O)Cc2csc(-c3ccccc3)n2)cc1. The number of rotatable bonds is 7. The van der Waals surface area contributed by atoms with Gasteiger partial charge in [0.05, 0.1) is 12.1 Å². The van der Waals surface area contributed by atoms with Gasteiger partial charge >= 0.3 is 0 Å². The van der Waals surface area contributed by atoms with Crippen molar-refractivity contribution in [2.45, 2.75) is 17.3 Å². The average Bonchev–Trinajstić information content (AvgIpc) is 3.46. The van der Waals surface area contributed by atoms with E-state index in [1.54, 1.807) is 30.2 Å². The third-order valence-electron chi connectivity index (χ3n) is 4.48. The van der Waals surface area contributed by atoms with Crippen molar-refractivity contribution in [3.05, 3.63) is 83.1 Å². The predicted molar refractivity (Wildman–Crippen MR) is 124 cm³/mol. The summed E-state index contributed by atoms with van der Waals surface area (Å²) in [6, 6.07) is 17.0. The molecule has 0 atom stereocenters. The number of thioether (sulfide) groups is 1. The molecule has 0 bridgehead atoms. The summed E-state index contributed by atoms with van der Waals surface area (Å²) >= 11 is 3.05. The topological polar surface area (TPSA) is 102 Å². The quantitative estimate of drug-likeness (QED) is 0.322. The molecule has 4 rings (SSSR count). The van der Waals surface area contributed by atoms with Gasteiger partial charge in [0.25, 0.3) is 5.91 Å². The van der Waals surface area contributed by atoms with Crippen LogP contribution in [0.1, 0.15) is 21.6 Å². The lowest BCUT2D eigenvalue weighted by Crippen LogP contribution is -2.42. The van der Waals surface area contributed by atoms with E-state index in [0.717, 1.165) is 21.3 Å². The van der Waals surface area contributed by atoms with Gasteiger partial charge in [0, 0.05) is 29.3 Å². The molecule has 2 N–H and O–H groups in total. The molecule has 2 aromatic carbocycles. The maximum Gasteiger partial charge on any atom is 0.269 e. The summed E-state index contributed by atoms with van der Waals surface area (Å²) in [5, 5.41) is 11.4. The first-order chi connectivity index (χ1) is 15.6. The van der Waals surface area contributed by atoms with Crippen LogP contribution < -0.4 is 10.9 Å². The summed E-state index contributed by atoms with van der Waals surface area (Å²) in [5.41, 5.74) is 8.07. The van der Waals surface area contributed by atoms with Gasteiger partial charge in [-0.25, -0.2) is 4.98 Å². The molecule has 10 heteroatoms. The normalized spacial score (nSPS) is 10.7. The summed E-state index contributed by atoms with van der Waals surface area (Å²) in [7, 11) is 1.89. The largest absolute Gasteiger partial charge is 0.312 e. The van der Waals surface area contributed by atoms with Crippen molar-refractivity contribution < 1.29 is 9.59 Å². The van der Waals surface area contributed by atoms with Crippen LogP contribution in [0.15, 0.2) is 71.5 Å². The van der Waals surface area contributed by atoms with E-state index in [0.29, 0.717) is 17.0 Å². The Balaban J connectivity index is 1.25. The fourth-order valence-electron chi connectivity index (χ4n) is 2.81. The smallest absolute Gasteiger partial charge is 0.269 e. The minimum absolute atomic E-state index is 0.0851. The lowest BCUT2D eigenvalue weighted by Gasteiger charge is -2.07. The van der Waals surface area contributed by atoms with Gasteiger partial charge in [-0.1, -0.05) is 54.2 Å². The summed E-state index contributed by atoms with van der Waals surface area (Å²) in [4.78, 5) is 29.0. The summed E-state index contributed by atoms with van der Waals surface area (Å²) in [6.07, 6.45) is 1.74. The Bertz CT molecular complexity index is 1200. The van der Waals surface area contributed by atoms with Crippen LogP contribution in [0.3, 0.4) is 0 Å². The van der Waals surface area contributed by atoms with Crippen LogP contribution in [0, 0.1) is 0 Å². The molecule has 0 saturated carbocycles. The molecule has 32 heavy (non-hydrogen) atoms. The zero-order valence-corrected chi connectivity index (χ0v) is 18.8. The highest BCUT2D eigenvalue weighted by Gasteiger charge is 2.11. The van der Waals surface area contributed by atoms with Crippen molar-refractivity contribution >= 4 is 34.9 Å². The van der Waals surface area contributed by atoms with Crippen molar-refractivity contribution in [3.8, 4) is 10.6 Å². The molecule has 0 spiro atoms. The molecule has 0 aliphatic rings. The van der Waals surface area contributed by atoms with Gasteiger partial charge in [-0.05, 0) is 17.7 Å². The average molecular weight is 465 g/mol. The lowest BCUT2D eigenvalue weighted by molar-refractivity contribution is -0.121. The maximum atomic E-state index is 12.3. The van der Waals surface area contributed by atoms with Gasteiger partial charge in [0.2, 0.25) is 5.91 Å². The first-order valence-electron chi connectivity index (χ1n) is 9.73. The molecule has 2 aromatic heterocycles. The monoisotopic (exact) mass is 464 g/mol. The van der Waals surface area contributed by atoms with E-state index in [-0.39, 0.29) is 18.2 Å². The number of thiazole rings is 1. The third kappa shape index (κ3) is 5.59. The third-order valence-corrected chi connectivity index (χ3v) is 6.53. The van der Waals surface area contributed by atoms with Gasteiger partial charge < -0.3 is 4.57 Å². The van der Waals surface area contributed by atoms with Crippen molar-refractivity contribution in [1.29, 1.82) is 0 Å². The lowest BCUT2D eigenvalue weighted by atomic mass is 10.1. The molecule has 162 valence electrons. The van der Waals surface area contributed by atoms with E-state index in [2.05, 4.69) is 26.0 Å². The first-order valence-corrected chi connectivity index (χ1v) is 11.6. The number of nitrogens with zero attached hydrogens (tertiary/aromatic N) is 4. The molecule has 8 nitrogen and oxygen atoms in total. The van der Waals surface area contributed by atoms with Crippen LogP contribution in [0.2, 0.25) is 0 Å². The van der Waals surface area contributed by atoms with E-state index >= 15 is 0 Å². The summed E-state index contributed by atoms with van der Waals surface area (Å²) in [6.45, 7) is 0. The highest BCUT2D eigenvalue weighted by Crippen LogP contribution is 2.23. The Morgan fingerprint density at radius 1 is 1.06 bits per heavy atom. The molecular weight excluding hydrogens is 444 g/mol. The standard InChI is InChI=1S/C22H20N6O2S2/c1-28-14-23-27-22(28)32-12-15-7-9-16(10-8-15)20(30)26-25-19(29)11-18-13-31-21(24-18)17-5-3-2-4-6-17/h2-10,13-14H,11-12H2,1H3,(H,25,29)(H,26,30). The molecule has 4 aromatic rings. The first kappa shape index (κ1) is 21.7. The van der Waals surface area contributed by atoms with Crippen molar-refractivity contribution in [2.24, 2.45) is 7.05 Å². The number of benzene rings is 2. The van der Waals surface area contributed by atoms with Crippen LogP contribution in [-0.4, -0.2) is 31.6 Å². The fourth-order valence-corrected chi connectivity index (χ4v) is 4.48. The van der Waals surface area contributed by atoms with Crippen LogP contribution in [0.4, 0.5) is 0 Å². The number of nitrogens with one attached hydrogen (secondary N) is 2. The number of hydrogen-bond acceptors (Lipinski definition) is 7. The zero-order valence-electron chi connectivity index (χ0n) is 17.2. The molecule has 0 aliphatic carbocycles. The van der Waals surface area contributed by atoms with Gasteiger partial charge in [-0.3, -0.25) is 20.4 Å². The molecule has 0 unspecified atom stereocenters. The number of carbonyl (C=O) groups excluding carboxylic acids is 2. The number of aromatic nitrogens is 4. The van der Waals surface area contributed by atoms with E-state index < -0.39 is 0 Å². The Labute approximate surface area is 193 Å². The molecule has 0 saturated heterocycles. The minimum atomic E-state index is -0.380. The molecule has 0 aliphatic heterocycles. The highest BCUT2D eigenvalue weighted by molar-refractivity contribution is 7.98. The number of carbonyl (C=O) groups is 2. The van der Waals surface area contributed by atoms with Crippen LogP contribution in [-0.2, 0) is 24.0 Å². The number of aryl methyl sites for hydroxylation is 1. The van der Waals surface area contributed by atoms with Crippen LogP contribution >= 0.6 is 23.1 Å². The van der Waals surface area contributed by atoms with Crippen molar-refractivity contribution in [2.75, 3.05) is 0 Å². The maximum absolute atomic E-state index is 12.3. The highest BCUT2D eigenvalue weighted by atomic mass is 32.2. The molecule has 0 radical (unpaired) electrons. The van der Waals surface area contributed by atoms with Crippen molar-refractivity contribution in [3.63, 3.8) is 0 Å². The van der Waals surface area contributed by atoms with Gasteiger partial charge in [0.1, 0.15) is 11.3 Å². The second kappa shape index (κ2) is 10.2. The fraction of sp³-hybridized carbons (Fsp3) is 0.136. The van der Waals surface area contributed by atoms with E-state index in [1.165, 1.54) is 11.3 Å². The number of hydrazine groups is 1. The second-order valence-corrected chi connectivity index (χ2v) is 8.70. The Morgan fingerprint density at radius 2 is 1.84 bits per heavy atom. The summed E-state index contributed by atoms with van der Waals surface area (Å²) < 4.78 is 1.85. The van der Waals surface area contributed by atoms with Gasteiger partial charge in [0.15, 0.2) is 5.16 Å². The Hall–Kier alpha value is -3.50. The molecule has 2 heterocycles. The van der Waals surface area contributed by atoms with Crippen LogP contribution in [0.25, 0.3) is 10.6 Å². The van der Waals surface area contributed by atoms with Crippen molar-refractivity contribution in [1.82, 2.24) is 30.6 Å². The van der Waals surface area contributed by atoms with Gasteiger partial charge in [-0.15, -0.1) is 21.5 Å². The minimum Gasteiger partial charge on any atom is -0.312 e. The summed E-state index contributed by atoms with van der Waals surface area (Å²) in [5.74, 6) is -0.00175. The van der Waals surface area contributed by atoms with E-state index in [9.17, 15) is 9.59 Å².